The van der Waals surface area contributed by atoms with E-state index in [1.165, 1.54) is 0 Å². The van der Waals surface area contributed by atoms with Crippen LogP contribution in [0.25, 0.3) is 0 Å². The third kappa shape index (κ3) is 3.13. The Morgan fingerprint density at radius 2 is 2.25 bits per heavy atom. The average Bonchev–Trinajstić information content (AvgIpc) is 2.38. The molecule has 0 unspecified atom stereocenters. The largest absolute Gasteiger partial charge is 0.370 e. The van der Waals surface area contributed by atoms with Gasteiger partial charge in [-0.3, -0.25) is 4.98 Å². The number of hydrogen-bond acceptors (Lipinski definition) is 3. The number of hydrogen-bond donors (Lipinski definition) is 1. The molecule has 4 nitrogen and oxygen atoms in total. The number of pyridine rings is 1. The van der Waals surface area contributed by atoms with Gasteiger partial charge in [0.05, 0.1) is 12.2 Å². The molecule has 1 aromatic rings. The molecule has 0 aromatic carbocycles. The molecule has 0 atom stereocenters. The monoisotopic (exact) mass is 236 g/mol. The lowest BCUT2D eigenvalue weighted by molar-refractivity contribution is 0.455. The lowest BCUT2D eigenvalue weighted by Crippen LogP contribution is -2.42. The van der Waals surface area contributed by atoms with Gasteiger partial charge in [-0.05, 0) is 12.1 Å². The van der Waals surface area contributed by atoms with Gasteiger partial charge < -0.3 is 10.6 Å². The maximum absolute atomic E-state index is 5.94. The first kappa shape index (κ1) is 11.3. The van der Waals surface area contributed by atoms with Crippen LogP contribution in [-0.4, -0.2) is 40.4 Å². The van der Waals surface area contributed by atoms with E-state index < -0.39 is 0 Å². The molecule has 1 aromatic heterocycles. The van der Waals surface area contributed by atoms with Crippen molar-refractivity contribution in [3.63, 3.8) is 0 Å². The fourth-order valence-corrected chi connectivity index (χ4v) is 2.45. The van der Waals surface area contributed by atoms with Gasteiger partial charge in [-0.25, -0.2) is 4.99 Å². The van der Waals surface area contributed by atoms with Crippen LogP contribution in [0.4, 0.5) is 0 Å². The first-order valence-corrected chi connectivity index (χ1v) is 6.54. The molecule has 0 amide bonds. The summed E-state index contributed by atoms with van der Waals surface area (Å²) in [5.41, 5.74) is 6.89. The van der Waals surface area contributed by atoms with Gasteiger partial charge >= 0.3 is 0 Å². The average molecular weight is 236 g/mol. The molecule has 5 heteroatoms. The third-order valence-electron chi connectivity index (χ3n) is 2.46. The zero-order valence-corrected chi connectivity index (χ0v) is 9.99. The van der Waals surface area contributed by atoms with E-state index in [0.29, 0.717) is 12.5 Å². The standard InChI is InChI=1S/C11H16N4S/c12-11(15-5-7-16-8-6-15)14-9-10-3-1-2-4-13-10/h1-4H,5-9H2,(H2,12,14). The SMILES string of the molecule is NC(=NCc1ccccn1)N1CCSCC1. The summed E-state index contributed by atoms with van der Waals surface area (Å²) in [4.78, 5) is 10.7. The summed E-state index contributed by atoms with van der Waals surface area (Å²) in [6.07, 6.45) is 1.78. The van der Waals surface area contributed by atoms with E-state index in [1.807, 2.05) is 30.0 Å². The van der Waals surface area contributed by atoms with E-state index in [-0.39, 0.29) is 0 Å². The number of aromatic nitrogens is 1. The highest BCUT2D eigenvalue weighted by Gasteiger charge is 2.11. The summed E-state index contributed by atoms with van der Waals surface area (Å²) in [7, 11) is 0. The Morgan fingerprint density at radius 1 is 1.44 bits per heavy atom. The first-order chi connectivity index (χ1) is 7.86. The Hall–Kier alpha value is -1.23. The van der Waals surface area contributed by atoms with E-state index in [0.717, 1.165) is 30.3 Å². The Morgan fingerprint density at radius 3 is 2.94 bits per heavy atom. The molecule has 2 heterocycles. The summed E-state index contributed by atoms with van der Waals surface area (Å²) in [6, 6.07) is 5.83. The molecule has 1 aliphatic heterocycles. The predicted octanol–water partition coefficient (Wildman–Crippen LogP) is 0.945. The van der Waals surface area contributed by atoms with Gasteiger partial charge in [0.15, 0.2) is 5.96 Å². The second-order valence-corrected chi connectivity index (χ2v) is 4.82. The highest BCUT2D eigenvalue weighted by Crippen LogP contribution is 2.08. The van der Waals surface area contributed by atoms with Gasteiger partial charge in [0, 0.05) is 30.8 Å². The Labute approximate surface area is 100.0 Å². The molecule has 2 rings (SSSR count). The predicted molar refractivity (Wildman–Crippen MR) is 68.5 cm³/mol. The van der Waals surface area contributed by atoms with E-state index in [9.17, 15) is 0 Å². The summed E-state index contributed by atoms with van der Waals surface area (Å²) < 4.78 is 0. The number of nitrogens with two attached hydrogens (primary N) is 1. The van der Waals surface area contributed by atoms with E-state index in [2.05, 4.69) is 14.9 Å². The van der Waals surface area contributed by atoms with Crippen molar-refractivity contribution in [3.05, 3.63) is 30.1 Å². The van der Waals surface area contributed by atoms with Gasteiger partial charge in [0.2, 0.25) is 0 Å². The first-order valence-electron chi connectivity index (χ1n) is 5.39. The number of nitrogens with zero attached hydrogens (tertiary/aromatic N) is 3. The van der Waals surface area contributed by atoms with Gasteiger partial charge in [-0.15, -0.1) is 0 Å². The molecule has 1 saturated heterocycles. The van der Waals surface area contributed by atoms with Gasteiger partial charge in [0.1, 0.15) is 0 Å². The number of thioether (sulfide) groups is 1. The highest BCUT2D eigenvalue weighted by atomic mass is 32.2. The topological polar surface area (TPSA) is 54.5 Å². The zero-order valence-electron chi connectivity index (χ0n) is 9.17. The van der Waals surface area contributed by atoms with Crippen LogP contribution in [0.5, 0.6) is 0 Å². The molecule has 1 aliphatic rings. The normalized spacial score (nSPS) is 17.5. The van der Waals surface area contributed by atoms with Crippen molar-refractivity contribution < 1.29 is 0 Å². The fraction of sp³-hybridized carbons (Fsp3) is 0.455. The van der Waals surface area contributed by atoms with E-state index in [4.69, 9.17) is 5.73 Å². The fourth-order valence-electron chi connectivity index (χ4n) is 1.55. The molecule has 0 bridgehead atoms. The van der Waals surface area contributed by atoms with Crippen LogP contribution in [0, 0.1) is 0 Å². The van der Waals surface area contributed by atoms with Crippen LogP contribution in [0.2, 0.25) is 0 Å². The molecule has 0 saturated carbocycles. The number of rotatable bonds is 2. The molecule has 86 valence electrons. The molecule has 0 radical (unpaired) electrons. The van der Waals surface area contributed by atoms with Crippen LogP contribution >= 0.6 is 11.8 Å². The van der Waals surface area contributed by atoms with Crippen LogP contribution in [0.15, 0.2) is 29.4 Å². The van der Waals surface area contributed by atoms with Gasteiger partial charge in [0.25, 0.3) is 0 Å². The number of aliphatic imine (C=N–C) groups is 1. The lowest BCUT2D eigenvalue weighted by atomic mass is 10.3. The summed E-state index contributed by atoms with van der Waals surface area (Å²) in [5, 5.41) is 0. The minimum atomic E-state index is 0.566. The van der Waals surface area contributed by atoms with Gasteiger partial charge in [-0.2, -0.15) is 11.8 Å². The second kappa shape index (κ2) is 5.75. The molecule has 2 N–H and O–H groups in total. The van der Waals surface area contributed by atoms with Crippen molar-refractivity contribution in [1.29, 1.82) is 0 Å². The van der Waals surface area contributed by atoms with Crippen molar-refractivity contribution in [2.24, 2.45) is 10.7 Å². The van der Waals surface area contributed by atoms with E-state index >= 15 is 0 Å². The Bertz CT molecular complexity index is 346. The van der Waals surface area contributed by atoms with Crippen molar-refractivity contribution in [3.8, 4) is 0 Å². The van der Waals surface area contributed by atoms with Gasteiger partial charge in [-0.1, -0.05) is 6.07 Å². The van der Waals surface area contributed by atoms with Crippen LogP contribution in [0.1, 0.15) is 5.69 Å². The highest BCUT2D eigenvalue weighted by molar-refractivity contribution is 7.99. The van der Waals surface area contributed by atoms with Crippen LogP contribution < -0.4 is 5.73 Å². The summed E-state index contributed by atoms with van der Waals surface area (Å²) >= 11 is 1.97. The minimum Gasteiger partial charge on any atom is -0.370 e. The smallest absolute Gasteiger partial charge is 0.191 e. The van der Waals surface area contributed by atoms with Crippen LogP contribution in [0.3, 0.4) is 0 Å². The van der Waals surface area contributed by atoms with Crippen molar-refractivity contribution in [2.75, 3.05) is 24.6 Å². The third-order valence-corrected chi connectivity index (χ3v) is 3.41. The second-order valence-electron chi connectivity index (χ2n) is 3.59. The molecule has 16 heavy (non-hydrogen) atoms. The van der Waals surface area contributed by atoms with Crippen molar-refractivity contribution in [2.45, 2.75) is 6.54 Å². The molecule has 0 spiro atoms. The van der Waals surface area contributed by atoms with Crippen molar-refractivity contribution >= 4 is 17.7 Å². The maximum Gasteiger partial charge on any atom is 0.191 e. The Kier molecular flexibility index (Phi) is 4.04. The maximum atomic E-state index is 5.94. The summed E-state index contributed by atoms with van der Waals surface area (Å²) in [5.74, 6) is 2.92. The molecular weight excluding hydrogens is 220 g/mol. The number of guanidine groups is 1. The molecule has 1 fully saturated rings. The van der Waals surface area contributed by atoms with Crippen molar-refractivity contribution in [1.82, 2.24) is 9.88 Å². The van der Waals surface area contributed by atoms with Crippen LogP contribution in [-0.2, 0) is 6.54 Å². The molecular formula is C11H16N4S. The zero-order chi connectivity index (χ0) is 11.2. The summed E-state index contributed by atoms with van der Waals surface area (Å²) in [6.45, 7) is 2.57. The minimum absolute atomic E-state index is 0.566. The molecule has 0 aliphatic carbocycles. The van der Waals surface area contributed by atoms with E-state index in [1.54, 1.807) is 6.20 Å². The quantitative estimate of drug-likeness (QED) is 0.613. The Balaban J connectivity index is 1.91. The lowest BCUT2D eigenvalue weighted by Gasteiger charge is -2.27.